The van der Waals surface area contributed by atoms with E-state index in [0.29, 0.717) is 12.0 Å². The molecule has 0 saturated carbocycles. The summed E-state index contributed by atoms with van der Waals surface area (Å²) in [6, 6.07) is 2.29. The van der Waals surface area contributed by atoms with E-state index in [4.69, 9.17) is 4.74 Å². The SMILES string of the molecule is Cc1cc(C)nc(NC2CCOC(c3nccn3C)C2)n1. The van der Waals surface area contributed by atoms with Crippen molar-refractivity contribution in [2.45, 2.75) is 38.8 Å². The van der Waals surface area contributed by atoms with Crippen molar-refractivity contribution in [3.8, 4) is 0 Å². The van der Waals surface area contributed by atoms with Crippen molar-refractivity contribution in [1.29, 1.82) is 0 Å². The molecule has 6 heteroatoms. The predicted molar refractivity (Wildman–Crippen MR) is 80.1 cm³/mol. The Balaban J connectivity index is 1.70. The van der Waals surface area contributed by atoms with Crippen LogP contribution in [-0.4, -0.2) is 32.2 Å². The molecule has 1 aliphatic rings. The lowest BCUT2D eigenvalue weighted by molar-refractivity contribution is 0.00281. The predicted octanol–water partition coefficient (Wildman–Crippen LogP) is 2.16. The average molecular weight is 287 g/mol. The summed E-state index contributed by atoms with van der Waals surface area (Å²) in [7, 11) is 2.00. The van der Waals surface area contributed by atoms with Crippen molar-refractivity contribution < 1.29 is 4.74 Å². The molecule has 2 aromatic heterocycles. The standard InChI is InChI=1S/C15H21N5O/c1-10-8-11(2)18-15(17-10)19-12-4-7-21-13(9-12)14-16-5-6-20(14)3/h5-6,8,12-13H,4,7,9H2,1-3H3,(H,17,18,19). The second-order valence-electron chi connectivity index (χ2n) is 5.60. The number of imidazole rings is 1. The zero-order valence-corrected chi connectivity index (χ0v) is 12.7. The molecule has 0 aliphatic carbocycles. The minimum Gasteiger partial charge on any atom is -0.370 e. The molecule has 3 rings (SSSR count). The van der Waals surface area contributed by atoms with Crippen LogP contribution < -0.4 is 5.32 Å². The van der Waals surface area contributed by atoms with Gasteiger partial charge in [-0.25, -0.2) is 15.0 Å². The lowest BCUT2D eigenvalue weighted by atomic mass is 10.0. The summed E-state index contributed by atoms with van der Waals surface area (Å²) in [6.07, 6.45) is 5.62. The van der Waals surface area contributed by atoms with Gasteiger partial charge < -0.3 is 14.6 Å². The molecule has 0 amide bonds. The minimum atomic E-state index is 0.0298. The van der Waals surface area contributed by atoms with Crippen molar-refractivity contribution in [3.05, 3.63) is 35.7 Å². The van der Waals surface area contributed by atoms with Crippen molar-refractivity contribution >= 4 is 5.95 Å². The zero-order chi connectivity index (χ0) is 14.8. The van der Waals surface area contributed by atoms with E-state index in [-0.39, 0.29) is 6.10 Å². The van der Waals surface area contributed by atoms with Crippen LogP contribution in [0.3, 0.4) is 0 Å². The number of anilines is 1. The van der Waals surface area contributed by atoms with Crippen LogP contribution in [0.5, 0.6) is 0 Å². The lowest BCUT2D eigenvalue weighted by Crippen LogP contribution is -2.31. The van der Waals surface area contributed by atoms with E-state index in [0.717, 1.165) is 36.7 Å². The van der Waals surface area contributed by atoms with Crippen LogP contribution in [0.1, 0.15) is 36.2 Å². The first kappa shape index (κ1) is 14.0. The maximum absolute atomic E-state index is 5.85. The third kappa shape index (κ3) is 3.21. The molecule has 0 bridgehead atoms. The smallest absolute Gasteiger partial charge is 0.223 e. The van der Waals surface area contributed by atoms with Gasteiger partial charge >= 0.3 is 0 Å². The van der Waals surface area contributed by atoms with Gasteiger partial charge in [-0.15, -0.1) is 0 Å². The molecular weight excluding hydrogens is 266 g/mol. The Morgan fingerprint density at radius 2 is 2.05 bits per heavy atom. The molecule has 2 unspecified atom stereocenters. The van der Waals surface area contributed by atoms with E-state index in [1.807, 2.05) is 43.9 Å². The molecule has 2 aromatic rings. The van der Waals surface area contributed by atoms with E-state index >= 15 is 0 Å². The second-order valence-corrected chi connectivity index (χ2v) is 5.60. The summed E-state index contributed by atoms with van der Waals surface area (Å²) >= 11 is 0. The number of ether oxygens (including phenoxy) is 1. The average Bonchev–Trinajstić information content (AvgIpc) is 2.84. The van der Waals surface area contributed by atoms with E-state index < -0.39 is 0 Å². The molecule has 112 valence electrons. The Hall–Kier alpha value is -1.95. The van der Waals surface area contributed by atoms with E-state index in [9.17, 15) is 0 Å². The molecule has 2 atom stereocenters. The van der Waals surface area contributed by atoms with E-state index in [2.05, 4.69) is 20.3 Å². The van der Waals surface area contributed by atoms with Gasteiger partial charge in [0.25, 0.3) is 0 Å². The molecule has 0 radical (unpaired) electrons. The second kappa shape index (κ2) is 5.81. The molecule has 1 N–H and O–H groups in total. The first-order valence-electron chi connectivity index (χ1n) is 7.29. The summed E-state index contributed by atoms with van der Waals surface area (Å²) in [6.45, 7) is 4.70. The van der Waals surface area contributed by atoms with Gasteiger partial charge in [-0.05, 0) is 26.3 Å². The lowest BCUT2D eigenvalue weighted by Gasteiger charge is -2.29. The van der Waals surface area contributed by atoms with Crippen molar-refractivity contribution in [2.24, 2.45) is 7.05 Å². The molecule has 1 aliphatic heterocycles. The van der Waals surface area contributed by atoms with Gasteiger partial charge in [0.05, 0.1) is 0 Å². The van der Waals surface area contributed by atoms with E-state index in [1.54, 1.807) is 0 Å². The number of nitrogens with one attached hydrogen (secondary N) is 1. The molecule has 1 fully saturated rings. The van der Waals surface area contributed by atoms with Gasteiger partial charge in [0, 0.05) is 49.9 Å². The van der Waals surface area contributed by atoms with E-state index in [1.165, 1.54) is 0 Å². The van der Waals surface area contributed by atoms with Gasteiger partial charge in [0.2, 0.25) is 5.95 Å². The van der Waals surface area contributed by atoms with Gasteiger partial charge in [-0.1, -0.05) is 0 Å². The van der Waals surface area contributed by atoms with Gasteiger partial charge in [0.1, 0.15) is 11.9 Å². The third-order valence-corrected chi connectivity index (χ3v) is 3.75. The van der Waals surface area contributed by atoms with Crippen molar-refractivity contribution in [1.82, 2.24) is 19.5 Å². The Morgan fingerprint density at radius 1 is 1.29 bits per heavy atom. The van der Waals surface area contributed by atoms with Crippen LogP contribution in [0.15, 0.2) is 18.5 Å². The molecule has 1 saturated heterocycles. The third-order valence-electron chi connectivity index (χ3n) is 3.75. The number of rotatable bonds is 3. The summed E-state index contributed by atoms with van der Waals surface area (Å²) < 4.78 is 7.87. The fourth-order valence-electron chi connectivity index (χ4n) is 2.77. The molecular formula is C15H21N5O. The molecule has 3 heterocycles. The first-order chi connectivity index (χ1) is 10.1. The molecule has 0 aromatic carbocycles. The van der Waals surface area contributed by atoms with Crippen LogP contribution in [0.4, 0.5) is 5.95 Å². The number of hydrogen-bond acceptors (Lipinski definition) is 5. The Kier molecular flexibility index (Phi) is 3.88. The number of nitrogens with zero attached hydrogens (tertiary/aromatic N) is 4. The van der Waals surface area contributed by atoms with Crippen LogP contribution in [0.2, 0.25) is 0 Å². The highest BCUT2D eigenvalue weighted by molar-refractivity contribution is 5.29. The quantitative estimate of drug-likeness (QED) is 0.937. The van der Waals surface area contributed by atoms with Gasteiger partial charge in [-0.3, -0.25) is 0 Å². The highest BCUT2D eigenvalue weighted by Gasteiger charge is 2.26. The summed E-state index contributed by atoms with van der Waals surface area (Å²) in [5.41, 5.74) is 1.97. The zero-order valence-electron chi connectivity index (χ0n) is 12.7. The monoisotopic (exact) mass is 287 g/mol. The van der Waals surface area contributed by atoms with Crippen molar-refractivity contribution in [3.63, 3.8) is 0 Å². The van der Waals surface area contributed by atoms with Crippen LogP contribution in [0, 0.1) is 13.8 Å². The normalized spacial score (nSPS) is 22.2. The highest BCUT2D eigenvalue weighted by atomic mass is 16.5. The van der Waals surface area contributed by atoms with Crippen LogP contribution >= 0.6 is 0 Å². The fourth-order valence-corrected chi connectivity index (χ4v) is 2.77. The first-order valence-corrected chi connectivity index (χ1v) is 7.29. The minimum absolute atomic E-state index is 0.0298. The Morgan fingerprint density at radius 3 is 2.71 bits per heavy atom. The summed E-state index contributed by atoms with van der Waals surface area (Å²) in [5, 5.41) is 3.43. The molecule has 0 spiro atoms. The molecule has 6 nitrogen and oxygen atoms in total. The van der Waals surface area contributed by atoms with Crippen LogP contribution in [0.25, 0.3) is 0 Å². The van der Waals surface area contributed by atoms with Crippen molar-refractivity contribution in [2.75, 3.05) is 11.9 Å². The number of aromatic nitrogens is 4. The highest BCUT2D eigenvalue weighted by Crippen LogP contribution is 2.28. The van der Waals surface area contributed by atoms with Gasteiger partial charge in [0.15, 0.2) is 0 Å². The molecule has 21 heavy (non-hydrogen) atoms. The largest absolute Gasteiger partial charge is 0.370 e. The topological polar surface area (TPSA) is 64.9 Å². The Labute approximate surface area is 124 Å². The van der Waals surface area contributed by atoms with Crippen LogP contribution in [-0.2, 0) is 11.8 Å². The summed E-state index contributed by atoms with van der Waals surface area (Å²) in [4.78, 5) is 13.3. The maximum atomic E-state index is 5.85. The maximum Gasteiger partial charge on any atom is 0.223 e. The fraction of sp³-hybridized carbons (Fsp3) is 0.533. The number of aryl methyl sites for hydroxylation is 3. The number of hydrogen-bond donors (Lipinski definition) is 1. The summed E-state index contributed by atoms with van der Waals surface area (Å²) in [5.74, 6) is 1.68. The van der Waals surface area contributed by atoms with Gasteiger partial charge in [-0.2, -0.15) is 0 Å². The Bertz CT molecular complexity index is 604.